The fourth-order valence-electron chi connectivity index (χ4n) is 9.14. The first-order valence-electron chi connectivity index (χ1n) is 20.1. The average Bonchev–Trinajstić information content (AvgIpc) is 3.86. The number of likely N-dealkylation sites (tertiary alicyclic amines) is 1. The molecule has 12 nitrogen and oxygen atoms in total. The highest BCUT2D eigenvalue weighted by Gasteiger charge is 2.68. The fraction of sp³-hybridized carbons (Fsp3) is 0.707. The van der Waals surface area contributed by atoms with Crippen molar-refractivity contribution in [3.05, 3.63) is 47.5 Å². The number of hydrogen-bond donors (Lipinski definition) is 3. The summed E-state index contributed by atoms with van der Waals surface area (Å²) in [6, 6.07) is 7.23. The summed E-state index contributed by atoms with van der Waals surface area (Å²) in [5.41, 5.74) is 1.49. The van der Waals surface area contributed by atoms with E-state index in [0.29, 0.717) is 37.9 Å². The number of carbonyl (C=O) groups is 4. The number of carbonyl (C=O) groups excluding carboxylic acids is 3. The number of carboxylic acid groups (broad SMARTS) is 1. The summed E-state index contributed by atoms with van der Waals surface area (Å²) in [6.07, 6.45) is 12.6. The number of fused-ring (bicyclic) bond motifs is 1. The Hall–Kier alpha value is -3.58. The molecule has 2 bridgehead atoms. The predicted molar refractivity (Wildman–Crippen MR) is 207 cm³/mol. The molecule has 1 aromatic carbocycles. The van der Waals surface area contributed by atoms with Crippen LogP contribution >= 0.6 is 0 Å². The Morgan fingerprint density at radius 1 is 1.06 bits per heavy atom. The van der Waals surface area contributed by atoms with Crippen molar-refractivity contribution in [1.29, 1.82) is 0 Å². The molecule has 3 N–H and O–H groups in total. The predicted octanol–water partition coefficient (Wildman–Crippen LogP) is 6.85. The van der Waals surface area contributed by atoms with E-state index in [1.807, 2.05) is 24.3 Å². The van der Waals surface area contributed by atoms with E-state index in [4.69, 9.17) is 19.2 Å². The maximum absolute atomic E-state index is 13.7. The molecule has 6 unspecified atom stereocenters. The van der Waals surface area contributed by atoms with E-state index in [9.17, 15) is 19.2 Å². The summed E-state index contributed by atoms with van der Waals surface area (Å²) >= 11 is 0. The number of hydrogen-bond acceptors (Lipinski definition) is 7. The standard InChI is InChI=1S/C32H54BN3O6.C9H9NO2/c1-8-9-10-11-12-13-14-17-26(33-41-25-20-22-19-24(31(22,5)6)32(25,7)42-33)35-28(38)23-16-15-18-36(23)27(37)21-34-29(39)40-30(2,3)4;11-9(12)10-5-7-3-1-2-4-8(7)6-10/h8-9,22-26H,10-21H2,1-7H3,(H,34,39)(H,35,38);1-4H,5-6H2,(H,11,12)/b9-8-;. The van der Waals surface area contributed by atoms with Crippen molar-refractivity contribution in [1.82, 2.24) is 20.4 Å². The normalized spacial score (nSPS) is 27.0. The van der Waals surface area contributed by atoms with Crippen LogP contribution in [0.5, 0.6) is 0 Å². The van der Waals surface area contributed by atoms with Gasteiger partial charge in [0.15, 0.2) is 0 Å². The number of ether oxygens (including phenoxy) is 1. The van der Waals surface area contributed by atoms with Gasteiger partial charge in [0.2, 0.25) is 11.8 Å². The van der Waals surface area contributed by atoms with Gasteiger partial charge in [-0.2, -0.15) is 0 Å². The van der Waals surface area contributed by atoms with E-state index >= 15 is 0 Å². The molecule has 3 heterocycles. The Kier molecular flexibility index (Phi) is 13.5. The molecule has 2 saturated heterocycles. The van der Waals surface area contributed by atoms with Crippen LogP contribution in [0, 0.1) is 17.3 Å². The topological polar surface area (TPSA) is 147 Å². The zero-order valence-electron chi connectivity index (χ0n) is 33.5. The summed E-state index contributed by atoms with van der Waals surface area (Å²) in [5.74, 6) is 0.356. The van der Waals surface area contributed by atoms with Crippen molar-refractivity contribution in [2.75, 3.05) is 13.1 Å². The van der Waals surface area contributed by atoms with Crippen LogP contribution in [0.4, 0.5) is 9.59 Å². The smallest absolute Gasteiger partial charge is 0.465 e. The second-order valence-electron chi connectivity index (χ2n) is 17.5. The maximum atomic E-state index is 13.7. The monoisotopic (exact) mass is 750 g/mol. The van der Waals surface area contributed by atoms with Gasteiger partial charge in [0, 0.05) is 19.6 Å². The Bertz CT molecular complexity index is 1510. The average molecular weight is 751 g/mol. The second-order valence-corrected chi connectivity index (χ2v) is 17.5. The molecular weight excluding hydrogens is 687 g/mol. The molecule has 0 aromatic heterocycles. The van der Waals surface area contributed by atoms with E-state index in [1.165, 1.54) is 11.3 Å². The molecular formula is C41H63BN4O8. The molecule has 1 aromatic rings. The van der Waals surface area contributed by atoms with E-state index in [1.54, 1.807) is 25.7 Å². The third kappa shape index (κ3) is 9.80. The summed E-state index contributed by atoms with van der Waals surface area (Å²) in [6.45, 7) is 15.6. The molecule has 3 saturated carbocycles. The number of rotatable bonds is 12. The van der Waals surface area contributed by atoms with Gasteiger partial charge in [-0.15, -0.1) is 0 Å². The second kappa shape index (κ2) is 17.5. The molecule has 0 radical (unpaired) electrons. The minimum absolute atomic E-state index is 0.0444. The van der Waals surface area contributed by atoms with Gasteiger partial charge in [-0.3, -0.25) is 14.5 Å². The van der Waals surface area contributed by atoms with Gasteiger partial charge < -0.3 is 34.7 Å². The van der Waals surface area contributed by atoms with E-state index in [-0.39, 0.29) is 41.4 Å². The van der Waals surface area contributed by atoms with E-state index in [0.717, 1.165) is 62.5 Å². The molecule has 5 fully saturated rings. The van der Waals surface area contributed by atoms with Gasteiger partial charge in [-0.1, -0.05) is 69.5 Å². The lowest BCUT2D eigenvalue weighted by atomic mass is 9.43. The Morgan fingerprint density at radius 3 is 2.37 bits per heavy atom. The summed E-state index contributed by atoms with van der Waals surface area (Å²) < 4.78 is 18.6. The van der Waals surface area contributed by atoms with Crippen LogP contribution in [0.2, 0.25) is 0 Å². The number of amides is 4. The molecule has 4 amide bonds. The van der Waals surface area contributed by atoms with Crippen molar-refractivity contribution in [2.24, 2.45) is 17.3 Å². The third-order valence-corrected chi connectivity index (χ3v) is 12.3. The largest absolute Gasteiger partial charge is 0.481 e. The van der Waals surface area contributed by atoms with Crippen LogP contribution in [0.15, 0.2) is 36.4 Å². The van der Waals surface area contributed by atoms with Crippen LogP contribution in [0.25, 0.3) is 0 Å². The summed E-state index contributed by atoms with van der Waals surface area (Å²) in [5, 5.41) is 14.5. The lowest BCUT2D eigenvalue weighted by molar-refractivity contribution is -0.199. The maximum Gasteiger partial charge on any atom is 0.481 e. The van der Waals surface area contributed by atoms with Crippen molar-refractivity contribution in [3.8, 4) is 0 Å². The number of unbranched alkanes of at least 4 members (excludes halogenated alkanes) is 4. The lowest BCUT2D eigenvalue weighted by Crippen LogP contribution is -2.65. The van der Waals surface area contributed by atoms with E-state index in [2.05, 4.69) is 50.5 Å². The molecule has 13 heteroatoms. The van der Waals surface area contributed by atoms with Crippen molar-refractivity contribution in [2.45, 2.75) is 155 Å². The van der Waals surface area contributed by atoms with Crippen LogP contribution in [0.1, 0.15) is 124 Å². The minimum atomic E-state index is -0.841. The van der Waals surface area contributed by atoms with Crippen LogP contribution in [0.3, 0.4) is 0 Å². The molecule has 3 aliphatic carbocycles. The quantitative estimate of drug-likeness (QED) is 0.120. The molecule has 7 rings (SSSR count). The number of alkyl carbamates (subject to hydrolysis) is 1. The SMILES string of the molecule is C/C=C\CCCCCCC(NC(=O)C1CCCN1C(=O)CNC(=O)OC(C)(C)C)B1OC2CC3CC(C3(C)C)C2(C)O1.O=C(O)N1Cc2ccccc2C1. The van der Waals surface area contributed by atoms with Gasteiger partial charge in [0.1, 0.15) is 18.2 Å². The first kappa shape index (κ1) is 41.6. The molecule has 6 atom stereocenters. The molecule has 54 heavy (non-hydrogen) atoms. The van der Waals surface area contributed by atoms with Gasteiger partial charge in [0.05, 0.1) is 17.6 Å². The van der Waals surface area contributed by atoms with Crippen molar-refractivity contribution >= 4 is 31.1 Å². The highest BCUT2D eigenvalue weighted by Crippen LogP contribution is 2.65. The van der Waals surface area contributed by atoms with Gasteiger partial charge in [0.25, 0.3) is 0 Å². The number of allylic oxidation sites excluding steroid dienone is 2. The third-order valence-electron chi connectivity index (χ3n) is 12.3. The number of benzene rings is 1. The van der Waals surface area contributed by atoms with Gasteiger partial charge in [-0.25, -0.2) is 9.59 Å². The zero-order valence-corrected chi connectivity index (χ0v) is 33.5. The number of nitrogens with one attached hydrogen (secondary N) is 2. The van der Waals surface area contributed by atoms with Crippen molar-refractivity contribution in [3.63, 3.8) is 0 Å². The summed E-state index contributed by atoms with van der Waals surface area (Å²) in [7, 11) is -0.499. The summed E-state index contributed by atoms with van der Waals surface area (Å²) in [4.78, 5) is 52.4. The molecule has 0 spiro atoms. The Labute approximate surface area is 322 Å². The Balaban J connectivity index is 0.000000392. The minimum Gasteiger partial charge on any atom is -0.465 e. The lowest BCUT2D eigenvalue weighted by Gasteiger charge is -2.64. The van der Waals surface area contributed by atoms with E-state index < -0.39 is 30.9 Å². The van der Waals surface area contributed by atoms with Crippen LogP contribution in [-0.4, -0.2) is 88.4 Å². The van der Waals surface area contributed by atoms with Crippen LogP contribution in [-0.2, 0) is 36.7 Å². The highest BCUT2D eigenvalue weighted by molar-refractivity contribution is 6.47. The van der Waals surface area contributed by atoms with Gasteiger partial charge >= 0.3 is 19.3 Å². The first-order valence-corrected chi connectivity index (χ1v) is 20.1. The van der Waals surface area contributed by atoms with Gasteiger partial charge in [-0.05, 0) is 108 Å². The molecule has 6 aliphatic rings. The first-order chi connectivity index (χ1) is 25.5. The zero-order chi connectivity index (χ0) is 39.3. The molecule has 3 aliphatic heterocycles. The highest BCUT2D eigenvalue weighted by atomic mass is 16.7. The number of nitrogens with zero attached hydrogens (tertiary/aromatic N) is 2. The fourth-order valence-corrected chi connectivity index (χ4v) is 9.14. The molecule has 298 valence electrons. The van der Waals surface area contributed by atoms with Crippen molar-refractivity contribution < 1.29 is 38.3 Å². The van der Waals surface area contributed by atoms with Crippen LogP contribution < -0.4 is 10.6 Å². The Morgan fingerprint density at radius 2 is 1.74 bits per heavy atom.